The lowest BCUT2D eigenvalue weighted by atomic mass is 9.98. The van der Waals surface area contributed by atoms with E-state index in [0.29, 0.717) is 0 Å². The Bertz CT molecular complexity index is 1100. The second-order valence-corrected chi connectivity index (χ2v) is 8.67. The molecule has 1 heterocycles. The van der Waals surface area contributed by atoms with Crippen molar-refractivity contribution in [1.82, 2.24) is 10.3 Å². The number of carbonyl (C=O) groups is 2. The number of fused-ring (bicyclic) bond motifs is 3. The molecule has 33 heavy (non-hydrogen) atoms. The van der Waals surface area contributed by atoms with Gasteiger partial charge >= 0.3 is 12.1 Å². The van der Waals surface area contributed by atoms with E-state index >= 15 is 0 Å². The van der Waals surface area contributed by atoms with Crippen molar-refractivity contribution in [1.29, 1.82) is 0 Å². The topological polar surface area (TPSA) is 118 Å². The molecule has 0 radical (unpaired) electrons. The number of aromatic nitrogens is 1. The number of carbonyl (C=O) groups excluding carboxylic acids is 2. The van der Waals surface area contributed by atoms with E-state index in [4.69, 9.17) is 4.74 Å². The minimum absolute atomic E-state index is 0.0375. The fourth-order valence-corrected chi connectivity index (χ4v) is 4.79. The first-order valence-corrected chi connectivity index (χ1v) is 11.3. The maximum absolute atomic E-state index is 12.2. The van der Waals surface area contributed by atoms with Gasteiger partial charge in [0.15, 0.2) is 0 Å². The minimum atomic E-state index is -1.28. The van der Waals surface area contributed by atoms with Gasteiger partial charge in [0.25, 0.3) is 0 Å². The van der Waals surface area contributed by atoms with Gasteiger partial charge in [0, 0.05) is 12.5 Å². The Hall–Kier alpha value is -3.27. The number of hydrogen-bond acceptors (Lipinski definition) is 8. The largest absolute Gasteiger partial charge is 0.465 e. The van der Waals surface area contributed by atoms with Gasteiger partial charge in [-0.15, -0.1) is 11.3 Å². The van der Waals surface area contributed by atoms with E-state index < -0.39 is 24.3 Å². The summed E-state index contributed by atoms with van der Waals surface area (Å²) in [5, 5.41) is 23.3. The van der Waals surface area contributed by atoms with E-state index in [2.05, 4.69) is 27.2 Å². The van der Waals surface area contributed by atoms with Gasteiger partial charge in [0.05, 0.1) is 19.4 Å². The molecule has 1 aliphatic carbocycles. The number of ether oxygens (including phenoxy) is 2. The first-order valence-electron chi connectivity index (χ1n) is 10.5. The van der Waals surface area contributed by atoms with E-state index in [-0.39, 0.29) is 35.4 Å². The minimum Gasteiger partial charge on any atom is -0.465 e. The van der Waals surface area contributed by atoms with Crippen molar-refractivity contribution < 1.29 is 29.3 Å². The number of alkyl carbamates (subject to hydrolysis) is 1. The highest BCUT2D eigenvalue weighted by Crippen LogP contribution is 2.44. The lowest BCUT2D eigenvalue weighted by Crippen LogP contribution is -2.30. The van der Waals surface area contributed by atoms with Gasteiger partial charge in [-0.3, -0.25) is 0 Å². The maximum atomic E-state index is 12.2. The maximum Gasteiger partial charge on any atom is 0.407 e. The molecule has 2 aromatic carbocycles. The molecular weight excluding hydrogens is 444 g/mol. The average molecular weight is 469 g/mol. The van der Waals surface area contributed by atoms with Crippen LogP contribution in [0.5, 0.6) is 0 Å². The van der Waals surface area contributed by atoms with Crippen LogP contribution in [0.4, 0.5) is 4.79 Å². The molecular formula is C24H24N2O6S. The lowest BCUT2D eigenvalue weighted by molar-refractivity contribution is 0.0135. The number of benzene rings is 2. The number of rotatable bonds is 8. The third-order valence-electron chi connectivity index (χ3n) is 5.58. The Kier molecular flexibility index (Phi) is 7.02. The number of methoxy groups -OCH3 is 1. The monoisotopic (exact) mass is 468 g/mol. The number of thiazole rings is 1. The zero-order valence-corrected chi connectivity index (χ0v) is 18.7. The van der Waals surface area contributed by atoms with Gasteiger partial charge in [-0.1, -0.05) is 48.5 Å². The Labute approximate surface area is 194 Å². The van der Waals surface area contributed by atoms with E-state index in [9.17, 15) is 19.8 Å². The summed E-state index contributed by atoms with van der Waals surface area (Å²) in [7, 11) is 1.25. The van der Waals surface area contributed by atoms with Crippen LogP contribution in [0, 0.1) is 0 Å². The molecule has 3 N–H and O–H groups in total. The fraction of sp³-hybridized carbons (Fsp3) is 0.292. The molecule has 0 saturated heterocycles. The van der Waals surface area contributed by atoms with Gasteiger partial charge < -0.3 is 25.0 Å². The summed E-state index contributed by atoms with van der Waals surface area (Å²) in [6, 6.07) is 16.2. The normalized spacial score (nSPS) is 14.2. The number of hydrogen-bond donors (Lipinski definition) is 3. The molecule has 8 nitrogen and oxygen atoms in total. The Morgan fingerprint density at radius 2 is 1.73 bits per heavy atom. The average Bonchev–Trinajstić information content (AvgIpc) is 3.45. The molecule has 9 heteroatoms. The van der Waals surface area contributed by atoms with Crippen molar-refractivity contribution in [2.24, 2.45) is 0 Å². The summed E-state index contributed by atoms with van der Waals surface area (Å²) >= 11 is 0.945. The fourth-order valence-electron chi connectivity index (χ4n) is 3.91. The molecule has 4 rings (SSSR count). The van der Waals surface area contributed by atoms with Gasteiger partial charge in [-0.2, -0.15) is 0 Å². The van der Waals surface area contributed by atoms with Crippen LogP contribution in [0.1, 0.15) is 44.2 Å². The summed E-state index contributed by atoms with van der Waals surface area (Å²) in [6.45, 7) is 0.296. The highest BCUT2D eigenvalue weighted by atomic mass is 32.1. The van der Waals surface area contributed by atoms with Gasteiger partial charge in [0.1, 0.15) is 22.6 Å². The number of nitrogens with zero attached hydrogens (tertiary/aromatic N) is 1. The van der Waals surface area contributed by atoms with Crippen LogP contribution >= 0.6 is 11.3 Å². The molecule has 172 valence electrons. The molecule has 1 amide bonds. The molecule has 0 bridgehead atoms. The first-order chi connectivity index (χ1) is 16.0. The zero-order valence-electron chi connectivity index (χ0n) is 17.9. The van der Waals surface area contributed by atoms with Crippen molar-refractivity contribution in [3.63, 3.8) is 0 Å². The van der Waals surface area contributed by atoms with Crippen LogP contribution in [0.15, 0.2) is 54.7 Å². The highest BCUT2D eigenvalue weighted by Gasteiger charge is 2.29. The van der Waals surface area contributed by atoms with Gasteiger partial charge in [-0.05, 0) is 28.7 Å². The van der Waals surface area contributed by atoms with Crippen LogP contribution in [0.25, 0.3) is 11.1 Å². The molecule has 2 atom stereocenters. The van der Waals surface area contributed by atoms with E-state index in [1.54, 1.807) is 0 Å². The number of aliphatic hydroxyl groups excluding tert-OH is 2. The van der Waals surface area contributed by atoms with Gasteiger partial charge in [0.2, 0.25) is 0 Å². The molecule has 0 spiro atoms. The van der Waals surface area contributed by atoms with Crippen LogP contribution in [-0.2, 0) is 9.47 Å². The quantitative estimate of drug-likeness (QED) is 0.434. The van der Waals surface area contributed by atoms with Crippen LogP contribution in [0.3, 0.4) is 0 Å². The third-order valence-corrected chi connectivity index (χ3v) is 6.63. The van der Waals surface area contributed by atoms with Crippen molar-refractivity contribution in [3.8, 4) is 11.1 Å². The molecule has 1 aromatic heterocycles. The van der Waals surface area contributed by atoms with Crippen molar-refractivity contribution >= 4 is 23.4 Å². The second kappa shape index (κ2) is 10.1. The Morgan fingerprint density at radius 3 is 2.36 bits per heavy atom. The smallest absolute Gasteiger partial charge is 0.407 e. The van der Waals surface area contributed by atoms with Crippen molar-refractivity contribution in [3.05, 3.63) is 75.7 Å². The number of esters is 1. The third kappa shape index (κ3) is 4.90. The standard InChI is InChI=1S/C24H24N2O6S/c1-31-23(29)20-12-26-22(33-20)21(28)19(27)10-11-25-24(30)32-13-18-16-8-4-2-6-14(16)15-7-3-5-9-17(15)18/h2-9,12,18-19,21,27-28H,10-11,13H2,1H3,(H,25,30). The SMILES string of the molecule is COC(=O)c1cnc(C(O)C(O)CCNC(=O)OCC2c3ccccc3-c3ccccc32)s1. The van der Waals surface area contributed by atoms with Crippen molar-refractivity contribution in [2.45, 2.75) is 24.5 Å². The number of aliphatic hydroxyl groups is 2. The molecule has 0 saturated carbocycles. The van der Waals surface area contributed by atoms with E-state index in [0.717, 1.165) is 33.6 Å². The second-order valence-electron chi connectivity index (χ2n) is 7.61. The van der Waals surface area contributed by atoms with E-state index in [1.807, 2.05) is 36.4 Å². The molecule has 0 fully saturated rings. The van der Waals surface area contributed by atoms with Crippen molar-refractivity contribution in [2.75, 3.05) is 20.3 Å². The lowest BCUT2D eigenvalue weighted by Gasteiger charge is -2.17. The molecule has 0 aliphatic heterocycles. The number of amides is 1. The zero-order chi connectivity index (χ0) is 23.4. The number of nitrogens with one attached hydrogen (secondary N) is 1. The van der Waals surface area contributed by atoms with Gasteiger partial charge in [-0.25, -0.2) is 14.6 Å². The Morgan fingerprint density at radius 1 is 1.09 bits per heavy atom. The molecule has 1 aliphatic rings. The van der Waals surface area contributed by atoms with Crippen LogP contribution in [0.2, 0.25) is 0 Å². The summed E-state index contributed by atoms with van der Waals surface area (Å²) in [6.07, 6.45) is -1.68. The summed E-state index contributed by atoms with van der Waals surface area (Å²) in [4.78, 5) is 27.9. The molecule has 2 unspecified atom stereocenters. The molecule has 3 aromatic rings. The highest BCUT2D eigenvalue weighted by molar-refractivity contribution is 7.13. The van der Waals surface area contributed by atoms with Crippen LogP contribution < -0.4 is 5.32 Å². The Balaban J connectivity index is 1.26. The predicted octanol–water partition coefficient (Wildman–Crippen LogP) is 3.25. The predicted molar refractivity (Wildman–Crippen MR) is 122 cm³/mol. The summed E-state index contributed by atoms with van der Waals surface area (Å²) in [5.41, 5.74) is 4.55. The summed E-state index contributed by atoms with van der Waals surface area (Å²) < 4.78 is 10.1. The van der Waals surface area contributed by atoms with E-state index in [1.165, 1.54) is 13.3 Å². The summed E-state index contributed by atoms with van der Waals surface area (Å²) in [5.74, 6) is -0.596. The van der Waals surface area contributed by atoms with Crippen LogP contribution in [-0.4, -0.2) is 53.6 Å². The first kappa shape index (κ1) is 22.9.